The van der Waals surface area contributed by atoms with Gasteiger partial charge in [-0.2, -0.15) is 5.26 Å². The molecule has 0 bridgehead atoms. The first kappa shape index (κ1) is 11.0. The Labute approximate surface area is 99.4 Å². The molecule has 0 fully saturated rings. The van der Waals surface area contributed by atoms with Crippen LogP contribution < -0.4 is 0 Å². The second kappa shape index (κ2) is 5.04. The maximum absolute atomic E-state index is 11.2. The molecule has 0 radical (unpaired) electrons. The Morgan fingerprint density at radius 1 is 1.24 bits per heavy atom. The number of rotatable bonds is 3. The molecule has 0 amide bonds. The van der Waals surface area contributed by atoms with E-state index < -0.39 is 5.78 Å². The number of benzene rings is 1. The summed E-state index contributed by atoms with van der Waals surface area (Å²) in [6.45, 7) is 0. The Morgan fingerprint density at radius 2 is 2.00 bits per heavy atom. The molecule has 0 aliphatic rings. The standard InChI is InChI=1S/C14H10N2O/c15-10-14(17)12-6-7-16-13(9-12)8-11-4-2-1-3-5-11/h1-7,9H,8H2. The molecule has 82 valence electrons. The largest absolute Gasteiger partial charge is 0.277 e. The minimum Gasteiger partial charge on any atom is -0.277 e. The van der Waals surface area contributed by atoms with Crippen molar-refractivity contribution in [3.63, 3.8) is 0 Å². The minimum atomic E-state index is -0.526. The molecule has 0 saturated carbocycles. The van der Waals surface area contributed by atoms with Crippen LogP contribution in [0.3, 0.4) is 0 Å². The predicted octanol–water partition coefficient (Wildman–Crippen LogP) is 2.38. The summed E-state index contributed by atoms with van der Waals surface area (Å²) in [5, 5.41) is 8.55. The number of hydrogen-bond acceptors (Lipinski definition) is 3. The van der Waals surface area contributed by atoms with Crippen LogP contribution in [0, 0.1) is 11.3 Å². The third-order valence-electron chi connectivity index (χ3n) is 2.41. The molecule has 1 aromatic carbocycles. The fourth-order valence-electron chi connectivity index (χ4n) is 1.59. The number of carbonyl (C=O) groups is 1. The molecule has 0 aliphatic heterocycles. The van der Waals surface area contributed by atoms with E-state index in [9.17, 15) is 4.79 Å². The van der Waals surface area contributed by atoms with Crippen molar-refractivity contribution in [3.8, 4) is 6.07 Å². The predicted molar refractivity (Wildman–Crippen MR) is 63.4 cm³/mol. The second-order valence-electron chi connectivity index (χ2n) is 3.64. The molecule has 0 atom stereocenters. The average molecular weight is 222 g/mol. The summed E-state index contributed by atoms with van der Waals surface area (Å²) in [4.78, 5) is 15.4. The van der Waals surface area contributed by atoms with Gasteiger partial charge in [0.05, 0.1) is 0 Å². The molecular weight excluding hydrogens is 212 g/mol. The molecule has 2 rings (SSSR count). The number of aromatic nitrogens is 1. The Morgan fingerprint density at radius 3 is 2.71 bits per heavy atom. The Bertz CT molecular complexity index is 570. The van der Waals surface area contributed by atoms with Gasteiger partial charge in [-0.15, -0.1) is 0 Å². The molecule has 1 heterocycles. The summed E-state index contributed by atoms with van der Waals surface area (Å²) in [5.74, 6) is -0.526. The lowest BCUT2D eigenvalue weighted by Crippen LogP contribution is -1.98. The van der Waals surface area contributed by atoms with Crippen LogP contribution >= 0.6 is 0 Å². The van der Waals surface area contributed by atoms with Crippen molar-refractivity contribution in [3.05, 3.63) is 65.5 Å². The second-order valence-corrected chi connectivity index (χ2v) is 3.64. The number of ketones is 1. The van der Waals surface area contributed by atoms with Crippen LogP contribution in [0.1, 0.15) is 21.6 Å². The van der Waals surface area contributed by atoms with Gasteiger partial charge in [0.1, 0.15) is 6.07 Å². The van der Waals surface area contributed by atoms with Crippen molar-refractivity contribution in [1.82, 2.24) is 4.98 Å². The van der Waals surface area contributed by atoms with Crippen LogP contribution in [0.4, 0.5) is 0 Å². The lowest BCUT2D eigenvalue weighted by molar-refractivity contribution is 0.105. The number of nitrogens with zero attached hydrogens (tertiary/aromatic N) is 2. The highest BCUT2D eigenvalue weighted by atomic mass is 16.1. The van der Waals surface area contributed by atoms with Gasteiger partial charge in [0.15, 0.2) is 0 Å². The lowest BCUT2D eigenvalue weighted by Gasteiger charge is -2.01. The van der Waals surface area contributed by atoms with E-state index in [2.05, 4.69) is 4.98 Å². The number of hydrogen-bond donors (Lipinski definition) is 0. The molecule has 1 aromatic heterocycles. The Kier molecular flexibility index (Phi) is 3.27. The highest BCUT2D eigenvalue weighted by molar-refractivity contribution is 6.07. The number of Topliss-reactive ketones (excluding diaryl/α,β-unsaturated/α-hetero) is 1. The number of nitriles is 1. The van der Waals surface area contributed by atoms with E-state index in [1.165, 1.54) is 0 Å². The van der Waals surface area contributed by atoms with Gasteiger partial charge in [-0.05, 0) is 17.7 Å². The quantitative estimate of drug-likeness (QED) is 0.591. The monoisotopic (exact) mass is 222 g/mol. The summed E-state index contributed by atoms with van der Waals surface area (Å²) in [5.41, 5.74) is 2.31. The zero-order valence-corrected chi connectivity index (χ0v) is 9.13. The van der Waals surface area contributed by atoms with Crippen LogP contribution in [0.15, 0.2) is 48.7 Å². The van der Waals surface area contributed by atoms with Gasteiger partial charge in [-0.25, -0.2) is 0 Å². The van der Waals surface area contributed by atoms with Gasteiger partial charge in [0.25, 0.3) is 5.78 Å². The maximum atomic E-state index is 11.2. The van der Waals surface area contributed by atoms with Gasteiger partial charge >= 0.3 is 0 Å². The summed E-state index contributed by atoms with van der Waals surface area (Å²) in [6.07, 6.45) is 2.22. The molecular formula is C14H10N2O. The highest BCUT2D eigenvalue weighted by Crippen LogP contribution is 2.09. The van der Waals surface area contributed by atoms with Crippen LogP contribution in [-0.4, -0.2) is 10.8 Å². The molecule has 3 nitrogen and oxygen atoms in total. The fraction of sp³-hybridized carbons (Fsp3) is 0.0714. The van der Waals surface area contributed by atoms with Crippen LogP contribution in [-0.2, 0) is 6.42 Å². The van der Waals surface area contributed by atoms with Gasteiger partial charge in [-0.1, -0.05) is 30.3 Å². The highest BCUT2D eigenvalue weighted by Gasteiger charge is 2.05. The van der Waals surface area contributed by atoms with Crippen molar-refractivity contribution in [2.75, 3.05) is 0 Å². The van der Waals surface area contributed by atoms with E-state index in [0.717, 1.165) is 11.3 Å². The van der Waals surface area contributed by atoms with Gasteiger partial charge in [0, 0.05) is 23.9 Å². The molecule has 0 unspecified atom stereocenters. The van der Waals surface area contributed by atoms with Gasteiger partial charge in [0.2, 0.25) is 0 Å². The zero-order valence-electron chi connectivity index (χ0n) is 9.13. The first-order chi connectivity index (χ1) is 8.29. The summed E-state index contributed by atoms with van der Waals surface area (Å²) in [6, 6.07) is 14.7. The van der Waals surface area contributed by atoms with Crippen LogP contribution in [0.25, 0.3) is 0 Å². The Balaban J connectivity index is 2.23. The molecule has 3 heteroatoms. The van der Waals surface area contributed by atoms with Crippen molar-refractivity contribution in [2.24, 2.45) is 0 Å². The fourth-order valence-corrected chi connectivity index (χ4v) is 1.59. The first-order valence-corrected chi connectivity index (χ1v) is 5.23. The van der Waals surface area contributed by atoms with Crippen LogP contribution in [0.2, 0.25) is 0 Å². The van der Waals surface area contributed by atoms with Crippen molar-refractivity contribution in [2.45, 2.75) is 6.42 Å². The smallest absolute Gasteiger partial charge is 0.262 e. The maximum Gasteiger partial charge on any atom is 0.262 e. The Hall–Kier alpha value is -2.47. The third-order valence-corrected chi connectivity index (χ3v) is 2.41. The first-order valence-electron chi connectivity index (χ1n) is 5.23. The van der Waals surface area contributed by atoms with E-state index in [1.54, 1.807) is 24.4 Å². The summed E-state index contributed by atoms with van der Waals surface area (Å²) < 4.78 is 0. The van der Waals surface area contributed by atoms with E-state index >= 15 is 0 Å². The zero-order chi connectivity index (χ0) is 12.1. The average Bonchev–Trinajstić information content (AvgIpc) is 2.39. The summed E-state index contributed by atoms with van der Waals surface area (Å²) in [7, 11) is 0. The van der Waals surface area contributed by atoms with E-state index in [4.69, 9.17) is 5.26 Å². The topological polar surface area (TPSA) is 53.8 Å². The normalized spacial score (nSPS) is 9.59. The molecule has 2 aromatic rings. The van der Waals surface area contributed by atoms with Crippen molar-refractivity contribution < 1.29 is 4.79 Å². The number of carbonyl (C=O) groups excluding carboxylic acids is 1. The van der Waals surface area contributed by atoms with E-state index in [0.29, 0.717) is 12.0 Å². The van der Waals surface area contributed by atoms with Crippen molar-refractivity contribution in [1.29, 1.82) is 5.26 Å². The van der Waals surface area contributed by atoms with Crippen molar-refractivity contribution >= 4 is 5.78 Å². The van der Waals surface area contributed by atoms with Gasteiger partial charge < -0.3 is 0 Å². The molecule has 0 N–H and O–H groups in total. The molecule has 17 heavy (non-hydrogen) atoms. The third kappa shape index (κ3) is 2.76. The summed E-state index contributed by atoms with van der Waals surface area (Å²) >= 11 is 0. The number of pyridine rings is 1. The van der Waals surface area contributed by atoms with Crippen LogP contribution in [0.5, 0.6) is 0 Å². The lowest BCUT2D eigenvalue weighted by atomic mass is 10.1. The van der Waals surface area contributed by atoms with E-state index in [1.807, 2.05) is 30.3 Å². The van der Waals surface area contributed by atoms with E-state index in [-0.39, 0.29) is 0 Å². The molecule has 0 spiro atoms. The SMILES string of the molecule is N#CC(=O)c1ccnc(Cc2ccccc2)c1. The minimum absolute atomic E-state index is 0.397. The molecule has 0 aliphatic carbocycles. The van der Waals surface area contributed by atoms with Gasteiger partial charge in [-0.3, -0.25) is 9.78 Å². The molecule has 0 saturated heterocycles.